The van der Waals surface area contributed by atoms with E-state index in [1.165, 1.54) is 4.90 Å². The molecule has 0 spiro atoms. The van der Waals surface area contributed by atoms with E-state index in [1.54, 1.807) is 0 Å². The number of guanidine groups is 1. The zero-order valence-corrected chi connectivity index (χ0v) is 19.1. The van der Waals surface area contributed by atoms with Crippen molar-refractivity contribution in [1.29, 1.82) is 0 Å². The van der Waals surface area contributed by atoms with Gasteiger partial charge in [-0.15, -0.1) is 35.7 Å². The second-order valence-electron chi connectivity index (χ2n) is 5.84. The summed E-state index contributed by atoms with van der Waals surface area (Å²) in [6.07, 6.45) is 0. The van der Waals surface area contributed by atoms with Gasteiger partial charge in [-0.25, -0.2) is 8.42 Å². The van der Waals surface area contributed by atoms with Crippen molar-refractivity contribution in [3.8, 4) is 0 Å². The smallest absolute Gasteiger partial charge is 0.191 e. The lowest BCUT2D eigenvalue weighted by atomic mass is 10.4. The molecule has 1 aliphatic rings. The lowest BCUT2D eigenvalue weighted by molar-refractivity contribution is 0.304. The van der Waals surface area contributed by atoms with Crippen LogP contribution < -0.4 is 10.6 Å². The summed E-state index contributed by atoms with van der Waals surface area (Å²) in [5.41, 5.74) is 0. The zero-order valence-electron chi connectivity index (χ0n) is 15.2. The highest BCUT2D eigenvalue weighted by Crippen LogP contribution is 2.15. The van der Waals surface area contributed by atoms with Gasteiger partial charge in [0.2, 0.25) is 0 Å². The standard InChI is InChI=1S/C17H28N4O2S2.HI/c1-2-18-17(20-9-13-24-16-6-4-3-5-7-16)19-8-10-21-11-14-25(22,23)15-12-21;/h3-7H,2,8-15H2,1H3,(H2,18,19,20);1H. The van der Waals surface area contributed by atoms with Gasteiger partial charge in [-0.1, -0.05) is 18.2 Å². The zero-order chi connectivity index (χ0) is 18.0. The fourth-order valence-corrected chi connectivity index (χ4v) is 4.54. The number of halogens is 1. The second-order valence-corrected chi connectivity index (χ2v) is 9.31. The largest absolute Gasteiger partial charge is 0.357 e. The van der Waals surface area contributed by atoms with Crippen LogP contribution in [0.2, 0.25) is 0 Å². The number of nitrogens with zero attached hydrogens (tertiary/aromatic N) is 2. The van der Waals surface area contributed by atoms with Crippen LogP contribution in [0.3, 0.4) is 0 Å². The number of benzene rings is 1. The number of sulfone groups is 1. The summed E-state index contributed by atoms with van der Waals surface area (Å²) in [6, 6.07) is 10.3. The summed E-state index contributed by atoms with van der Waals surface area (Å²) in [4.78, 5) is 8.02. The molecule has 0 radical (unpaired) electrons. The third kappa shape index (κ3) is 9.43. The van der Waals surface area contributed by atoms with Crippen molar-refractivity contribution in [2.24, 2.45) is 4.99 Å². The van der Waals surface area contributed by atoms with Crippen LogP contribution in [0.4, 0.5) is 0 Å². The minimum Gasteiger partial charge on any atom is -0.357 e. The summed E-state index contributed by atoms with van der Waals surface area (Å²) in [7, 11) is -2.81. The first-order chi connectivity index (χ1) is 12.1. The molecule has 0 unspecified atom stereocenters. The van der Waals surface area contributed by atoms with Crippen LogP contribution in [0.5, 0.6) is 0 Å². The molecule has 1 aromatic rings. The second kappa shape index (κ2) is 12.8. The molecule has 1 fully saturated rings. The molecular formula is C17H29IN4O2S2. The summed E-state index contributed by atoms with van der Waals surface area (Å²) < 4.78 is 22.9. The number of hydrogen-bond donors (Lipinski definition) is 2. The summed E-state index contributed by atoms with van der Waals surface area (Å²) in [6.45, 7) is 6.41. The van der Waals surface area contributed by atoms with E-state index in [0.717, 1.165) is 31.3 Å². The van der Waals surface area contributed by atoms with Crippen LogP contribution in [0.1, 0.15) is 6.92 Å². The van der Waals surface area contributed by atoms with Crippen LogP contribution in [-0.2, 0) is 9.84 Å². The highest BCUT2D eigenvalue weighted by atomic mass is 127. The van der Waals surface area contributed by atoms with Gasteiger partial charge in [0, 0.05) is 43.4 Å². The number of thioether (sulfide) groups is 1. The average molecular weight is 512 g/mol. The summed E-state index contributed by atoms with van der Waals surface area (Å²) in [5.74, 6) is 2.33. The van der Waals surface area contributed by atoms with Crippen molar-refractivity contribution in [2.45, 2.75) is 11.8 Å². The lowest BCUT2D eigenvalue weighted by Gasteiger charge is -2.25. The van der Waals surface area contributed by atoms with Crippen LogP contribution in [0, 0.1) is 0 Å². The Hall–Kier alpha value is -0.520. The Morgan fingerprint density at radius 1 is 1.19 bits per heavy atom. The third-order valence-electron chi connectivity index (χ3n) is 3.87. The Morgan fingerprint density at radius 2 is 1.88 bits per heavy atom. The molecule has 0 saturated carbocycles. The van der Waals surface area contributed by atoms with Gasteiger partial charge in [0.15, 0.2) is 15.8 Å². The minimum absolute atomic E-state index is 0. The van der Waals surface area contributed by atoms with Gasteiger partial charge in [-0.3, -0.25) is 9.89 Å². The van der Waals surface area contributed by atoms with E-state index in [2.05, 4.69) is 32.7 Å². The topological polar surface area (TPSA) is 73.8 Å². The van der Waals surface area contributed by atoms with Crippen molar-refractivity contribution < 1.29 is 8.42 Å². The Balaban J connectivity index is 0.00000338. The maximum atomic E-state index is 11.4. The van der Waals surface area contributed by atoms with E-state index in [4.69, 9.17) is 0 Å². The Labute approximate surface area is 178 Å². The molecule has 0 aliphatic carbocycles. The molecule has 2 N–H and O–H groups in total. The van der Waals surface area contributed by atoms with Gasteiger partial charge in [-0.05, 0) is 19.1 Å². The number of hydrogen-bond acceptors (Lipinski definition) is 5. The first-order valence-corrected chi connectivity index (χ1v) is 11.5. The van der Waals surface area contributed by atoms with E-state index in [1.807, 2.05) is 36.9 Å². The van der Waals surface area contributed by atoms with Gasteiger partial charge in [0.05, 0.1) is 18.1 Å². The quantitative estimate of drug-likeness (QED) is 0.182. The fraction of sp³-hybridized carbons (Fsp3) is 0.588. The first-order valence-electron chi connectivity index (χ1n) is 8.72. The van der Waals surface area contributed by atoms with E-state index >= 15 is 0 Å². The van der Waals surface area contributed by atoms with Crippen LogP contribution in [-0.4, -0.2) is 75.8 Å². The molecule has 148 valence electrons. The van der Waals surface area contributed by atoms with Gasteiger partial charge in [0.1, 0.15) is 0 Å². The lowest BCUT2D eigenvalue weighted by Crippen LogP contribution is -2.42. The third-order valence-corrected chi connectivity index (χ3v) is 6.50. The van der Waals surface area contributed by atoms with Crippen molar-refractivity contribution in [2.75, 3.05) is 56.5 Å². The Morgan fingerprint density at radius 3 is 2.54 bits per heavy atom. The molecule has 1 saturated heterocycles. The van der Waals surface area contributed by atoms with Gasteiger partial charge in [0.25, 0.3) is 0 Å². The van der Waals surface area contributed by atoms with E-state index in [-0.39, 0.29) is 35.5 Å². The summed E-state index contributed by atoms with van der Waals surface area (Å²) in [5, 5.41) is 6.59. The molecule has 9 heteroatoms. The number of nitrogens with one attached hydrogen (secondary N) is 2. The molecule has 1 aromatic carbocycles. The van der Waals surface area contributed by atoms with Crippen LogP contribution in [0.25, 0.3) is 0 Å². The first kappa shape index (κ1) is 23.5. The van der Waals surface area contributed by atoms with Gasteiger partial charge in [-0.2, -0.15) is 0 Å². The highest BCUT2D eigenvalue weighted by molar-refractivity contribution is 14.0. The normalized spacial score (nSPS) is 17.3. The molecule has 2 rings (SSSR count). The van der Waals surface area contributed by atoms with E-state index in [9.17, 15) is 8.42 Å². The monoisotopic (exact) mass is 512 g/mol. The molecule has 0 bridgehead atoms. The number of aliphatic imine (C=N–C) groups is 1. The van der Waals surface area contributed by atoms with Crippen LogP contribution >= 0.6 is 35.7 Å². The summed E-state index contributed by atoms with van der Waals surface area (Å²) >= 11 is 1.82. The molecule has 0 atom stereocenters. The molecular weight excluding hydrogens is 483 g/mol. The van der Waals surface area contributed by atoms with Gasteiger partial charge >= 0.3 is 0 Å². The molecule has 0 aromatic heterocycles. The highest BCUT2D eigenvalue weighted by Gasteiger charge is 2.20. The van der Waals surface area contributed by atoms with E-state index in [0.29, 0.717) is 19.6 Å². The fourth-order valence-electron chi connectivity index (χ4n) is 2.47. The molecule has 6 nitrogen and oxygen atoms in total. The Kier molecular flexibility index (Phi) is 11.6. The molecule has 26 heavy (non-hydrogen) atoms. The van der Waals surface area contributed by atoms with Crippen molar-refractivity contribution in [1.82, 2.24) is 15.5 Å². The predicted molar refractivity (Wildman–Crippen MR) is 122 cm³/mol. The Bertz CT molecular complexity index is 627. The van der Waals surface area contributed by atoms with E-state index < -0.39 is 9.84 Å². The molecule has 1 heterocycles. The maximum absolute atomic E-state index is 11.4. The average Bonchev–Trinajstić information content (AvgIpc) is 2.61. The van der Waals surface area contributed by atoms with Crippen molar-refractivity contribution in [3.05, 3.63) is 30.3 Å². The predicted octanol–water partition coefficient (Wildman–Crippen LogP) is 1.68. The minimum atomic E-state index is -2.81. The molecule has 0 amide bonds. The number of rotatable bonds is 8. The van der Waals surface area contributed by atoms with Crippen molar-refractivity contribution >= 4 is 51.5 Å². The van der Waals surface area contributed by atoms with Crippen molar-refractivity contribution in [3.63, 3.8) is 0 Å². The van der Waals surface area contributed by atoms with Crippen LogP contribution in [0.15, 0.2) is 40.2 Å². The SMILES string of the molecule is CCNC(=NCCN1CCS(=O)(=O)CC1)NCCSc1ccccc1.I. The van der Waals surface area contributed by atoms with Gasteiger partial charge < -0.3 is 10.6 Å². The molecule has 1 aliphatic heterocycles. The maximum Gasteiger partial charge on any atom is 0.191 e.